The Labute approximate surface area is 208 Å². The summed E-state index contributed by atoms with van der Waals surface area (Å²) >= 11 is 4.17. The number of amides is 1. The summed E-state index contributed by atoms with van der Waals surface area (Å²) in [7, 11) is -4.10. The second-order valence-electron chi connectivity index (χ2n) is 8.89. The van der Waals surface area contributed by atoms with Crippen molar-refractivity contribution in [3.05, 3.63) is 35.9 Å². The summed E-state index contributed by atoms with van der Waals surface area (Å²) in [6.45, 7) is 5.11. The van der Waals surface area contributed by atoms with Crippen molar-refractivity contribution in [2.75, 3.05) is 24.7 Å². The molecule has 0 saturated carbocycles. The minimum absolute atomic E-state index is 0.0212. The number of carboxylic acid groups (broad SMARTS) is 1. The molecule has 1 aromatic carbocycles. The second-order valence-corrected chi connectivity index (χ2v) is 11.7. The molecular weight excluding hydrogens is 478 g/mol. The predicted octanol–water partition coefficient (Wildman–Crippen LogP) is 0.616. The molecule has 0 aromatic heterocycles. The monoisotopic (exact) mass is 517 g/mol. The van der Waals surface area contributed by atoms with Crippen LogP contribution in [-0.2, 0) is 25.8 Å². The van der Waals surface area contributed by atoms with Gasteiger partial charge in [-0.15, -0.1) is 0 Å². The lowest BCUT2D eigenvalue weighted by Gasteiger charge is -2.33. The van der Waals surface area contributed by atoms with Gasteiger partial charge in [0.15, 0.2) is 14.6 Å². The molecule has 6 N–H and O–H groups in total. The summed E-state index contributed by atoms with van der Waals surface area (Å²) in [4.78, 5) is 24.9. The number of carbonyl (C=O) groups excluding carboxylic acids is 1. The molecule has 0 heterocycles. The van der Waals surface area contributed by atoms with Crippen molar-refractivity contribution in [2.24, 2.45) is 11.7 Å². The van der Waals surface area contributed by atoms with Crippen molar-refractivity contribution < 1.29 is 28.2 Å². The van der Waals surface area contributed by atoms with E-state index in [0.717, 1.165) is 0 Å². The molecule has 11 heteroatoms. The zero-order valence-corrected chi connectivity index (χ0v) is 21.8. The topological polar surface area (TPSA) is 159 Å². The van der Waals surface area contributed by atoms with Crippen LogP contribution >= 0.6 is 12.6 Å². The Balaban J connectivity index is 3.36. The highest BCUT2D eigenvalue weighted by Gasteiger charge is 2.48. The van der Waals surface area contributed by atoms with E-state index in [1.54, 1.807) is 30.3 Å². The lowest BCUT2D eigenvalue weighted by Crippen LogP contribution is -2.58. The zero-order valence-electron chi connectivity index (χ0n) is 20.1. The highest BCUT2D eigenvalue weighted by molar-refractivity contribution is 7.93. The van der Waals surface area contributed by atoms with E-state index in [-0.39, 0.29) is 30.6 Å². The Kier molecular flexibility index (Phi) is 12.5. The fourth-order valence-corrected chi connectivity index (χ4v) is 5.65. The van der Waals surface area contributed by atoms with Crippen LogP contribution in [0.25, 0.3) is 0 Å². The van der Waals surface area contributed by atoms with Crippen molar-refractivity contribution in [1.82, 2.24) is 10.6 Å². The molecule has 0 radical (unpaired) electrons. The van der Waals surface area contributed by atoms with Crippen LogP contribution in [0.1, 0.15) is 39.2 Å². The van der Waals surface area contributed by atoms with Gasteiger partial charge in [0.25, 0.3) is 0 Å². The maximum Gasteiger partial charge on any atom is 0.326 e. The smallest absolute Gasteiger partial charge is 0.326 e. The van der Waals surface area contributed by atoms with Crippen LogP contribution in [0.3, 0.4) is 0 Å². The summed E-state index contributed by atoms with van der Waals surface area (Å²) in [5, 5.41) is 24.1. The lowest BCUT2D eigenvalue weighted by molar-refractivity contribution is -0.142. The van der Waals surface area contributed by atoms with E-state index in [1.807, 2.05) is 13.8 Å². The number of carboxylic acids is 1. The Morgan fingerprint density at radius 1 is 1.24 bits per heavy atom. The molecule has 0 fully saturated rings. The van der Waals surface area contributed by atoms with E-state index in [9.17, 15) is 28.2 Å². The van der Waals surface area contributed by atoms with Crippen molar-refractivity contribution in [1.29, 1.82) is 0 Å². The molecule has 1 amide bonds. The summed E-state index contributed by atoms with van der Waals surface area (Å²) < 4.78 is 25.7. The van der Waals surface area contributed by atoms with Gasteiger partial charge in [-0.1, -0.05) is 50.6 Å². The molecule has 0 aliphatic rings. The highest BCUT2D eigenvalue weighted by Crippen LogP contribution is 2.27. The number of aliphatic hydroxyl groups is 1. The Morgan fingerprint density at radius 2 is 1.85 bits per heavy atom. The molecule has 3 unspecified atom stereocenters. The van der Waals surface area contributed by atoms with E-state index >= 15 is 0 Å². The highest BCUT2D eigenvalue weighted by atomic mass is 32.2. The van der Waals surface area contributed by atoms with Crippen molar-refractivity contribution in [3.63, 3.8) is 0 Å². The first-order chi connectivity index (χ1) is 15.9. The largest absolute Gasteiger partial charge is 0.480 e. The van der Waals surface area contributed by atoms with Crippen molar-refractivity contribution in [2.45, 2.75) is 62.9 Å². The second kappa shape index (κ2) is 14.0. The number of aliphatic hydroxyl groups excluding tert-OH is 1. The van der Waals surface area contributed by atoms with Crippen LogP contribution in [0.2, 0.25) is 0 Å². The number of sulfone groups is 1. The summed E-state index contributed by atoms with van der Waals surface area (Å²) in [5.41, 5.74) is 6.57. The third kappa shape index (κ3) is 8.53. The van der Waals surface area contributed by atoms with Crippen LogP contribution in [0.15, 0.2) is 30.3 Å². The summed E-state index contributed by atoms with van der Waals surface area (Å²) in [6.07, 6.45) is 0.348. The van der Waals surface area contributed by atoms with Gasteiger partial charge in [0, 0.05) is 43.8 Å². The van der Waals surface area contributed by atoms with Gasteiger partial charge < -0.3 is 26.6 Å². The molecule has 0 saturated heterocycles. The molecule has 34 heavy (non-hydrogen) atoms. The summed E-state index contributed by atoms with van der Waals surface area (Å²) in [6, 6.07) is 6.59. The Morgan fingerprint density at radius 3 is 2.35 bits per heavy atom. The number of benzene rings is 1. The quantitative estimate of drug-likeness (QED) is 0.174. The fourth-order valence-electron chi connectivity index (χ4n) is 3.51. The number of rotatable bonds is 16. The maximum atomic E-state index is 13.8. The number of thiol groups is 1. The van der Waals surface area contributed by atoms with Gasteiger partial charge in [0.05, 0.1) is 5.75 Å². The van der Waals surface area contributed by atoms with Gasteiger partial charge in [-0.3, -0.25) is 4.79 Å². The predicted molar refractivity (Wildman–Crippen MR) is 137 cm³/mol. The standard InChI is InChI=1S/C23H39N3O6S2/c1-4-16(2)20(25-13-18(24)14-33)15-34(31,32)23(3,12-17-8-6-5-7-9-17)22(30)26-19(10-11-27)21(28)29/h5-9,16,18-20,25,27,33H,4,10-15,24H2,1-3H3,(H,26,30)(H,28,29)/t16-,18?,19+,20?,23?/m0/s1. The molecule has 0 aliphatic carbocycles. The lowest BCUT2D eigenvalue weighted by atomic mass is 9.98. The molecular formula is C23H39N3O6S2. The normalized spacial score (nSPS) is 17.2. The van der Waals surface area contributed by atoms with Gasteiger partial charge in [-0.05, 0) is 18.4 Å². The SMILES string of the molecule is CC[C@H](C)C(CS(=O)(=O)C(C)(Cc1ccccc1)C(=O)N[C@H](CCO)C(=O)O)NCC(N)CS. The molecule has 5 atom stereocenters. The molecule has 194 valence electrons. The Bertz CT molecular complexity index is 884. The fraction of sp³-hybridized carbons (Fsp3) is 0.652. The number of nitrogens with one attached hydrogen (secondary N) is 2. The third-order valence-corrected chi connectivity index (χ3v) is 9.15. The van der Waals surface area contributed by atoms with Gasteiger partial charge in [-0.25, -0.2) is 13.2 Å². The van der Waals surface area contributed by atoms with Gasteiger partial charge in [0.2, 0.25) is 5.91 Å². The van der Waals surface area contributed by atoms with Crippen LogP contribution in [0.5, 0.6) is 0 Å². The van der Waals surface area contributed by atoms with Gasteiger partial charge in [0.1, 0.15) is 6.04 Å². The first kappa shape index (κ1) is 30.4. The van der Waals surface area contributed by atoms with Crippen LogP contribution in [0.4, 0.5) is 0 Å². The molecule has 0 aliphatic heterocycles. The van der Waals surface area contributed by atoms with Crippen molar-refractivity contribution in [3.8, 4) is 0 Å². The van der Waals surface area contributed by atoms with Crippen molar-refractivity contribution >= 4 is 34.3 Å². The van der Waals surface area contributed by atoms with E-state index in [2.05, 4.69) is 23.3 Å². The number of nitrogens with two attached hydrogens (primary N) is 1. The minimum Gasteiger partial charge on any atom is -0.480 e. The Hall–Kier alpha value is -1.66. The van der Waals surface area contributed by atoms with Gasteiger partial charge >= 0.3 is 5.97 Å². The molecule has 0 bridgehead atoms. The van der Waals surface area contributed by atoms with E-state index in [0.29, 0.717) is 24.3 Å². The molecule has 1 aromatic rings. The number of hydrogen-bond acceptors (Lipinski definition) is 8. The summed E-state index contributed by atoms with van der Waals surface area (Å²) in [5.74, 6) is -2.17. The average molecular weight is 518 g/mol. The van der Waals surface area contributed by atoms with E-state index in [1.165, 1.54) is 6.92 Å². The number of carbonyl (C=O) groups is 2. The van der Waals surface area contributed by atoms with Gasteiger partial charge in [-0.2, -0.15) is 12.6 Å². The molecule has 1 rings (SSSR count). The van der Waals surface area contributed by atoms with Crippen LogP contribution < -0.4 is 16.4 Å². The maximum absolute atomic E-state index is 13.8. The first-order valence-electron chi connectivity index (χ1n) is 11.4. The van der Waals surface area contributed by atoms with Crippen LogP contribution in [-0.4, -0.2) is 78.0 Å². The number of hydrogen-bond donors (Lipinski definition) is 6. The zero-order chi connectivity index (χ0) is 25.9. The van der Waals surface area contributed by atoms with Crippen LogP contribution in [0, 0.1) is 5.92 Å². The van der Waals surface area contributed by atoms with E-state index in [4.69, 9.17) is 5.73 Å². The minimum atomic E-state index is -4.10. The molecule has 9 nitrogen and oxygen atoms in total. The van der Waals surface area contributed by atoms with E-state index < -0.39 is 45.2 Å². The molecule has 0 spiro atoms. The average Bonchev–Trinajstić information content (AvgIpc) is 2.80. The third-order valence-electron chi connectivity index (χ3n) is 6.18. The first-order valence-corrected chi connectivity index (χ1v) is 13.7. The number of aliphatic carboxylic acids is 1.